The number of alkyl halides is 3. The number of nitrogens with zero attached hydrogens (tertiary/aromatic N) is 3. The van der Waals surface area contributed by atoms with E-state index in [0.717, 1.165) is 30.5 Å². The molecule has 0 amide bonds. The Kier molecular flexibility index (Phi) is 4.15. The summed E-state index contributed by atoms with van der Waals surface area (Å²) in [4.78, 5) is 1.91. The molecule has 0 radical (unpaired) electrons. The molecular weight excluding hydrogens is 259 g/mol. The number of aryl methyl sites for hydroxylation is 1. The molecule has 1 aromatic rings. The summed E-state index contributed by atoms with van der Waals surface area (Å²) in [6, 6.07) is -0.0463. The molecule has 1 atom stereocenters. The molecule has 1 saturated heterocycles. The van der Waals surface area contributed by atoms with Gasteiger partial charge in [-0.1, -0.05) is 6.42 Å². The number of piperidine rings is 1. The third-order valence-corrected chi connectivity index (χ3v) is 3.62. The summed E-state index contributed by atoms with van der Waals surface area (Å²) >= 11 is 0. The normalized spacial score (nSPS) is 21.8. The number of hydrogen-bond acceptors (Lipinski definition) is 3. The zero-order valence-electron chi connectivity index (χ0n) is 10.8. The highest BCUT2D eigenvalue weighted by molar-refractivity contribution is 5.20. The second-order valence-corrected chi connectivity index (χ2v) is 4.94. The lowest BCUT2D eigenvalue weighted by Gasteiger charge is -2.34. The van der Waals surface area contributed by atoms with Crippen molar-refractivity contribution in [2.45, 2.75) is 38.0 Å². The van der Waals surface area contributed by atoms with Crippen LogP contribution in [-0.2, 0) is 19.8 Å². The van der Waals surface area contributed by atoms with Crippen LogP contribution in [-0.4, -0.2) is 39.0 Å². The predicted molar refractivity (Wildman–Crippen MR) is 63.3 cm³/mol. The summed E-state index contributed by atoms with van der Waals surface area (Å²) in [5.41, 5.74) is -0.523. The fourth-order valence-electron chi connectivity index (χ4n) is 2.66. The van der Waals surface area contributed by atoms with Gasteiger partial charge in [0.15, 0.2) is 0 Å². The second kappa shape index (κ2) is 5.50. The number of rotatable bonds is 3. The third kappa shape index (κ3) is 3.09. The first kappa shape index (κ1) is 14.3. The molecule has 1 aromatic heterocycles. The summed E-state index contributed by atoms with van der Waals surface area (Å²) in [6.07, 6.45) is -0.325. The van der Waals surface area contributed by atoms with Crippen molar-refractivity contribution in [2.24, 2.45) is 7.05 Å². The predicted octanol–water partition coefficient (Wildman–Crippen LogP) is 1.79. The molecule has 2 heterocycles. The first-order chi connectivity index (χ1) is 8.93. The Bertz CT molecular complexity index is 430. The minimum absolute atomic E-state index is 0.0123. The average Bonchev–Trinajstić information content (AvgIpc) is 2.71. The van der Waals surface area contributed by atoms with Crippen LogP contribution in [0.15, 0.2) is 6.20 Å². The van der Waals surface area contributed by atoms with Gasteiger partial charge in [-0.15, -0.1) is 0 Å². The van der Waals surface area contributed by atoms with Crippen LogP contribution in [0.5, 0.6) is 0 Å². The molecule has 0 aliphatic carbocycles. The molecular formula is C12H18F3N3O. The second-order valence-electron chi connectivity index (χ2n) is 4.94. The van der Waals surface area contributed by atoms with E-state index in [4.69, 9.17) is 0 Å². The zero-order valence-corrected chi connectivity index (χ0v) is 10.8. The van der Waals surface area contributed by atoms with Crippen LogP contribution in [0.25, 0.3) is 0 Å². The maximum absolute atomic E-state index is 12.9. The van der Waals surface area contributed by atoms with Gasteiger partial charge in [-0.3, -0.25) is 9.58 Å². The van der Waals surface area contributed by atoms with Gasteiger partial charge < -0.3 is 5.11 Å². The molecule has 0 unspecified atom stereocenters. The Balaban J connectivity index is 2.19. The maximum atomic E-state index is 12.9. The molecule has 0 spiro atoms. The standard InChI is InChI=1S/C12H18F3N3O/c1-17-11(12(13,14)15)9(6-16-17)7-18-5-3-2-4-10(18)8-19/h6,10,19H,2-5,7-8H2,1H3/t10-/m1/s1. The highest BCUT2D eigenvalue weighted by Gasteiger charge is 2.38. The molecule has 4 nitrogen and oxygen atoms in total. The van der Waals surface area contributed by atoms with Gasteiger partial charge >= 0.3 is 6.18 Å². The van der Waals surface area contributed by atoms with Gasteiger partial charge in [-0.2, -0.15) is 18.3 Å². The smallest absolute Gasteiger partial charge is 0.395 e. The van der Waals surface area contributed by atoms with Crippen LogP contribution >= 0.6 is 0 Å². The lowest BCUT2D eigenvalue weighted by molar-refractivity contribution is -0.144. The first-order valence-corrected chi connectivity index (χ1v) is 6.36. The maximum Gasteiger partial charge on any atom is 0.433 e. The van der Waals surface area contributed by atoms with Crippen molar-refractivity contribution in [1.82, 2.24) is 14.7 Å². The van der Waals surface area contributed by atoms with E-state index in [1.54, 1.807) is 0 Å². The lowest BCUT2D eigenvalue weighted by atomic mass is 10.0. The van der Waals surface area contributed by atoms with Crippen LogP contribution in [0.3, 0.4) is 0 Å². The van der Waals surface area contributed by atoms with Crippen LogP contribution in [0.2, 0.25) is 0 Å². The van der Waals surface area contributed by atoms with Crippen molar-refractivity contribution in [1.29, 1.82) is 0 Å². The van der Waals surface area contributed by atoms with Gasteiger partial charge in [-0.25, -0.2) is 0 Å². The Morgan fingerprint density at radius 2 is 2.16 bits per heavy atom. The minimum atomic E-state index is -4.40. The van der Waals surface area contributed by atoms with Crippen LogP contribution in [0.1, 0.15) is 30.5 Å². The summed E-state index contributed by atoms with van der Waals surface area (Å²) < 4.78 is 39.7. The monoisotopic (exact) mass is 277 g/mol. The van der Waals surface area contributed by atoms with Gasteiger partial charge in [0.1, 0.15) is 5.69 Å². The summed E-state index contributed by atoms with van der Waals surface area (Å²) in [5, 5.41) is 13.0. The minimum Gasteiger partial charge on any atom is -0.395 e. The van der Waals surface area contributed by atoms with Crippen molar-refractivity contribution in [3.05, 3.63) is 17.5 Å². The molecule has 7 heteroatoms. The van der Waals surface area contributed by atoms with E-state index < -0.39 is 11.9 Å². The van der Waals surface area contributed by atoms with Crippen molar-refractivity contribution < 1.29 is 18.3 Å². The molecule has 2 rings (SSSR count). The summed E-state index contributed by atoms with van der Waals surface area (Å²) in [5.74, 6) is 0. The van der Waals surface area contributed by atoms with Gasteiger partial charge in [0.05, 0.1) is 12.8 Å². The van der Waals surface area contributed by atoms with Crippen LogP contribution in [0, 0.1) is 0 Å². The molecule has 1 aliphatic heterocycles. The molecule has 1 fully saturated rings. The number of hydrogen-bond donors (Lipinski definition) is 1. The van der Waals surface area contributed by atoms with E-state index >= 15 is 0 Å². The number of aliphatic hydroxyl groups is 1. The Morgan fingerprint density at radius 3 is 2.79 bits per heavy atom. The van der Waals surface area contributed by atoms with E-state index in [9.17, 15) is 18.3 Å². The Hall–Kier alpha value is -1.08. The van der Waals surface area contributed by atoms with Crippen LogP contribution < -0.4 is 0 Å². The molecule has 1 N–H and O–H groups in total. The number of aromatic nitrogens is 2. The van der Waals surface area contributed by atoms with Crippen LogP contribution in [0.4, 0.5) is 13.2 Å². The quantitative estimate of drug-likeness (QED) is 0.915. The van der Waals surface area contributed by atoms with Gasteiger partial charge in [0, 0.05) is 25.2 Å². The SMILES string of the molecule is Cn1ncc(CN2CCCC[C@@H]2CO)c1C(F)(F)F. The molecule has 19 heavy (non-hydrogen) atoms. The average molecular weight is 277 g/mol. The summed E-state index contributed by atoms with van der Waals surface area (Å²) in [6.45, 7) is 0.896. The zero-order chi connectivity index (χ0) is 14.0. The lowest BCUT2D eigenvalue weighted by Crippen LogP contribution is -2.41. The molecule has 108 valence electrons. The number of halogens is 3. The largest absolute Gasteiger partial charge is 0.433 e. The highest BCUT2D eigenvalue weighted by atomic mass is 19.4. The Labute approximate surface area is 109 Å². The third-order valence-electron chi connectivity index (χ3n) is 3.62. The molecule has 0 aromatic carbocycles. The molecule has 0 bridgehead atoms. The van der Waals surface area contributed by atoms with Crippen molar-refractivity contribution in [3.8, 4) is 0 Å². The Morgan fingerprint density at radius 1 is 1.42 bits per heavy atom. The topological polar surface area (TPSA) is 41.3 Å². The van der Waals surface area contributed by atoms with Gasteiger partial charge in [0.2, 0.25) is 0 Å². The summed E-state index contributed by atoms with van der Waals surface area (Å²) in [7, 11) is 1.30. The van der Waals surface area contributed by atoms with Crippen molar-refractivity contribution in [3.63, 3.8) is 0 Å². The fourth-order valence-corrected chi connectivity index (χ4v) is 2.66. The van der Waals surface area contributed by atoms with Gasteiger partial charge in [0.25, 0.3) is 0 Å². The molecule has 1 aliphatic rings. The van der Waals surface area contributed by atoms with Crippen molar-refractivity contribution in [2.75, 3.05) is 13.2 Å². The van der Waals surface area contributed by atoms with E-state index in [-0.39, 0.29) is 24.8 Å². The van der Waals surface area contributed by atoms with Crippen molar-refractivity contribution >= 4 is 0 Å². The highest BCUT2D eigenvalue weighted by Crippen LogP contribution is 2.32. The van der Waals surface area contributed by atoms with E-state index in [2.05, 4.69) is 5.10 Å². The van der Waals surface area contributed by atoms with E-state index in [1.807, 2.05) is 4.90 Å². The van der Waals surface area contributed by atoms with Gasteiger partial charge in [-0.05, 0) is 19.4 Å². The van der Waals surface area contributed by atoms with E-state index in [1.165, 1.54) is 13.2 Å². The number of likely N-dealkylation sites (tertiary alicyclic amines) is 1. The first-order valence-electron chi connectivity index (χ1n) is 6.36. The van der Waals surface area contributed by atoms with E-state index in [0.29, 0.717) is 0 Å². The number of aliphatic hydroxyl groups excluding tert-OH is 1. The fraction of sp³-hybridized carbons (Fsp3) is 0.750. The molecule has 0 saturated carbocycles.